The zero-order chi connectivity index (χ0) is 6.95. The van der Waals surface area contributed by atoms with Crippen molar-refractivity contribution in [3.05, 3.63) is 0 Å². The van der Waals surface area contributed by atoms with Crippen molar-refractivity contribution in [1.29, 1.82) is 0 Å². The van der Waals surface area contributed by atoms with E-state index in [2.05, 4.69) is 13.8 Å². The van der Waals surface area contributed by atoms with Crippen molar-refractivity contribution in [3.8, 4) is 0 Å². The summed E-state index contributed by atoms with van der Waals surface area (Å²) in [7, 11) is 0. The molecule has 0 rings (SSSR count). The highest BCUT2D eigenvalue weighted by Gasteiger charge is 1.93. The zero-order valence-corrected chi connectivity index (χ0v) is 8.60. The van der Waals surface area contributed by atoms with Gasteiger partial charge in [-0.15, -0.1) is 12.4 Å². The third-order valence-corrected chi connectivity index (χ3v) is 1.52. The molecule has 0 aliphatic carbocycles. The van der Waals surface area contributed by atoms with Gasteiger partial charge in [0.05, 0.1) is 0 Å². The summed E-state index contributed by atoms with van der Waals surface area (Å²) in [6, 6.07) is 0. The van der Waals surface area contributed by atoms with E-state index in [-0.39, 0.29) is 28.3 Å². The molecule has 0 aromatic heterocycles. The molecular weight excluding hydrogens is 166 g/mol. The summed E-state index contributed by atoms with van der Waals surface area (Å²) < 4.78 is 10.3. The highest BCUT2D eigenvalue weighted by atomic mass is 35.5. The van der Waals surface area contributed by atoms with Crippen LogP contribution in [0.5, 0.6) is 0 Å². The molecule has 0 aliphatic rings. The van der Waals surface area contributed by atoms with Crippen LogP contribution in [0.3, 0.4) is 0 Å². The van der Waals surface area contributed by atoms with Crippen LogP contribution in [-0.2, 0) is 7.58 Å². The molecule has 0 aliphatic heterocycles. The van der Waals surface area contributed by atoms with Gasteiger partial charge in [0.25, 0.3) is 0 Å². The van der Waals surface area contributed by atoms with Gasteiger partial charge in [0.1, 0.15) is 0 Å². The molecule has 0 amide bonds. The van der Waals surface area contributed by atoms with Crippen molar-refractivity contribution in [1.82, 2.24) is 0 Å². The van der Waals surface area contributed by atoms with Gasteiger partial charge < -0.3 is 7.58 Å². The van der Waals surface area contributed by atoms with Gasteiger partial charge in [-0.1, -0.05) is 13.8 Å². The van der Waals surface area contributed by atoms with E-state index in [9.17, 15) is 0 Å². The molecule has 0 fully saturated rings. The van der Waals surface area contributed by atoms with Crippen molar-refractivity contribution in [2.75, 3.05) is 13.2 Å². The maximum absolute atomic E-state index is 5.15. The van der Waals surface area contributed by atoms with Crippen LogP contribution in [-0.4, -0.2) is 29.1 Å². The highest BCUT2D eigenvalue weighted by molar-refractivity contribution is 6.17. The first-order valence-corrected chi connectivity index (χ1v) is 4.41. The quantitative estimate of drug-likeness (QED) is 0.460. The summed E-state index contributed by atoms with van der Waals surface area (Å²) in [5, 5.41) is 0. The largest absolute Gasteiger partial charge is 0.668 e. The Hall–Kier alpha value is 0.742. The third kappa shape index (κ3) is 11.5. The number of rotatable bonds is 6. The van der Waals surface area contributed by atoms with Crippen LogP contribution >= 0.6 is 12.4 Å². The fourth-order valence-electron chi connectivity index (χ4n) is 0.380. The van der Waals surface area contributed by atoms with Crippen molar-refractivity contribution in [2.45, 2.75) is 26.7 Å². The first-order chi connectivity index (χ1) is 4.41. The number of halogens is 1. The van der Waals surface area contributed by atoms with Gasteiger partial charge >= 0.3 is 15.9 Å². The molecule has 0 spiro atoms. The Kier molecular flexibility index (Phi) is 16.6. The molecule has 0 heterocycles. The van der Waals surface area contributed by atoms with E-state index in [0.29, 0.717) is 0 Å². The molecule has 0 N–H and O–H groups in total. The molecular formula is C6H15AlClO2. The van der Waals surface area contributed by atoms with Crippen LogP contribution in [0.25, 0.3) is 0 Å². The minimum Gasteiger partial charge on any atom is -0.484 e. The predicted molar refractivity (Wildman–Crippen MR) is 45.5 cm³/mol. The van der Waals surface area contributed by atoms with E-state index >= 15 is 0 Å². The minimum atomic E-state index is -0.182. The maximum atomic E-state index is 5.15. The minimum absolute atomic E-state index is 0. The van der Waals surface area contributed by atoms with Gasteiger partial charge in [0.15, 0.2) is 0 Å². The average Bonchev–Trinajstić information content (AvgIpc) is 1.89. The van der Waals surface area contributed by atoms with E-state index in [1.165, 1.54) is 0 Å². The lowest BCUT2D eigenvalue weighted by atomic mass is 10.5. The predicted octanol–water partition coefficient (Wildman–Crippen LogP) is 1.80. The summed E-state index contributed by atoms with van der Waals surface area (Å²) in [6.45, 7) is 5.89. The van der Waals surface area contributed by atoms with E-state index in [0.717, 1.165) is 26.1 Å². The first kappa shape index (κ1) is 13.3. The van der Waals surface area contributed by atoms with Gasteiger partial charge in [-0.3, -0.25) is 0 Å². The van der Waals surface area contributed by atoms with E-state index in [1.54, 1.807) is 0 Å². The van der Waals surface area contributed by atoms with Crippen LogP contribution in [0.2, 0.25) is 0 Å². The first-order valence-electron chi connectivity index (χ1n) is 3.46. The molecule has 0 unspecified atom stereocenters. The van der Waals surface area contributed by atoms with Crippen LogP contribution in [0.15, 0.2) is 0 Å². The summed E-state index contributed by atoms with van der Waals surface area (Å²) in [4.78, 5) is 0. The molecule has 0 aromatic carbocycles. The lowest BCUT2D eigenvalue weighted by molar-refractivity contribution is 0.222. The average molecular weight is 182 g/mol. The van der Waals surface area contributed by atoms with Gasteiger partial charge in [-0.25, -0.2) is 0 Å². The lowest BCUT2D eigenvalue weighted by Gasteiger charge is -1.99. The molecule has 0 bridgehead atoms. The van der Waals surface area contributed by atoms with Crippen LogP contribution in [0.4, 0.5) is 0 Å². The van der Waals surface area contributed by atoms with Gasteiger partial charge in [-0.05, 0) is 12.8 Å². The molecule has 0 saturated carbocycles. The molecule has 10 heavy (non-hydrogen) atoms. The Bertz CT molecular complexity index is 49.0. The molecule has 1 radical (unpaired) electrons. The summed E-state index contributed by atoms with van der Waals surface area (Å²) >= 11 is -0.182. The van der Waals surface area contributed by atoms with Crippen LogP contribution in [0, 0.1) is 0 Å². The SMILES string of the molecule is CCC[O][Al][O]CCC.Cl. The Balaban J connectivity index is 0. The lowest BCUT2D eigenvalue weighted by Crippen LogP contribution is -2.05. The second-order valence-corrected chi connectivity index (χ2v) is 2.70. The number of hydrogen-bond acceptors (Lipinski definition) is 2. The summed E-state index contributed by atoms with van der Waals surface area (Å²) in [5.74, 6) is 0. The van der Waals surface area contributed by atoms with Crippen molar-refractivity contribution in [3.63, 3.8) is 0 Å². The summed E-state index contributed by atoms with van der Waals surface area (Å²) in [6.07, 6.45) is 2.17. The smallest absolute Gasteiger partial charge is 0.484 e. The maximum Gasteiger partial charge on any atom is 0.668 e. The van der Waals surface area contributed by atoms with E-state index in [1.807, 2.05) is 0 Å². The monoisotopic (exact) mass is 181 g/mol. The van der Waals surface area contributed by atoms with E-state index in [4.69, 9.17) is 7.58 Å². The van der Waals surface area contributed by atoms with Crippen LogP contribution in [0.1, 0.15) is 26.7 Å². The molecule has 0 atom stereocenters. The zero-order valence-electron chi connectivity index (χ0n) is 6.63. The molecule has 61 valence electrons. The number of hydrogen-bond donors (Lipinski definition) is 0. The van der Waals surface area contributed by atoms with Gasteiger partial charge in [0, 0.05) is 13.2 Å². The third-order valence-electron chi connectivity index (χ3n) is 0.780. The molecule has 4 heteroatoms. The Morgan fingerprint density at radius 1 is 1.00 bits per heavy atom. The topological polar surface area (TPSA) is 18.5 Å². The van der Waals surface area contributed by atoms with E-state index < -0.39 is 0 Å². The Morgan fingerprint density at radius 3 is 1.70 bits per heavy atom. The van der Waals surface area contributed by atoms with Crippen molar-refractivity contribution in [2.24, 2.45) is 0 Å². The van der Waals surface area contributed by atoms with Gasteiger partial charge in [-0.2, -0.15) is 0 Å². The van der Waals surface area contributed by atoms with Gasteiger partial charge in [0.2, 0.25) is 0 Å². The fourth-order valence-corrected chi connectivity index (χ4v) is 1.14. The van der Waals surface area contributed by atoms with Crippen LogP contribution < -0.4 is 0 Å². The normalized spacial score (nSPS) is 8.60. The van der Waals surface area contributed by atoms with Crippen molar-refractivity contribution < 1.29 is 7.58 Å². The Morgan fingerprint density at radius 2 is 1.40 bits per heavy atom. The molecule has 0 saturated heterocycles. The fraction of sp³-hybridized carbons (Fsp3) is 1.00. The molecule has 2 nitrogen and oxygen atoms in total. The second kappa shape index (κ2) is 12.4. The molecule has 0 aromatic rings. The Labute approximate surface area is 76.1 Å². The van der Waals surface area contributed by atoms with Crippen molar-refractivity contribution >= 4 is 28.3 Å². The second-order valence-electron chi connectivity index (χ2n) is 1.84. The summed E-state index contributed by atoms with van der Waals surface area (Å²) in [5.41, 5.74) is 0. The highest BCUT2D eigenvalue weighted by Crippen LogP contribution is 1.81. The standard InChI is InChI=1S/2C3H7O.Al.ClH/c2*1-2-3-4;;/h2*2-3H2,1H3;;1H/q2*-1;+2;.